The summed E-state index contributed by atoms with van der Waals surface area (Å²) in [5, 5.41) is 4.37. The van der Waals surface area contributed by atoms with Gasteiger partial charge in [0.15, 0.2) is 0 Å². The van der Waals surface area contributed by atoms with Crippen molar-refractivity contribution >= 4 is 22.6 Å². The zero-order valence-corrected chi connectivity index (χ0v) is 9.47. The zero-order chi connectivity index (χ0) is 11.8. The van der Waals surface area contributed by atoms with Crippen LogP contribution in [0, 0.1) is 0 Å². The van der Waals surface area contributed by atoms with Crippen LogP contribution in [-0.2, 0) is 11.3 Å². The number of rotatable bonds is 0. The molecule has 1 N–H and O–H groups in total. The average molecular weight is 228 g/mol. The van der Waals surface area contributed by atoms with E-state index in [1.807, 2.05) is 28.8 Å². The second-order valence-corrected chi connectivity index (χ2v) is 3.99. The summed E-state index contributed by atoms with van der Waals surface area (Å²) in [6.45, 7) is 3.07. The van der Waals surface area contributed by atoms with Crippen LogP contribution in [0.5, 0.6) is 0 Å². The Balaban J connectivity index is 2.43. The monoisotopic (exact) mass is 228 g/mol. The topological polar surface area (TPSA) is 59.3 Å². The van der Waals surface area contributed by atoms with Gasteiger partial charge in [-0.25, -0.2) is 4.98 Å². The molecule has 0 aliphatic carbocycles. The van der Waals surface area contributed by atoms with Gasteiger partial charge in [-0.1, -0.05) is 12.1 Å². The summed E-state index contributed by atoms with van der Waals surface area (Å²) in [6.07, 6.45) is 0. The Morgan fingerprint density at radius 3 is 3.12 bits per heavy atom. The van der Waals surface area contributed by atoms with Gasteiger partial charge in [-0.3, -0.25) is 9.36 Å². The second-order valence-electron chi connectivity index (χ2n) is 3.99. The number of amides is 1. The molecule has 0 atom stereocenters. The van der Waals surface area contributed by atoms with Crippen molar-refractivity contribution in [1.82, 2.24) is 9.55 Å². The largest absolute Gasteiger partial charge is 0.369 e. The first-order chi connectivity index (χ1) is 8.25. The van der Waals surface area contributed by atoms with Crippen LogP contribution < -0.4 is 10.9 Å². The molecular formula is C12H12N4O. The molecule has 5 heteroatoms. The molecular weight excluding hydrogens is 216 g/mol. The van der Waals surface area contributed by atoms with Crippen LogP contribution in [0.25, 0.3) is 10.9 Å². The van der Waals surface area contributed by atoms with Crippen LogP contribution in [0.4, 0.5) is 5.82 Å². The molecule has 3 rings (SSSR count). The number of aromatic nitrogens is 2. The van der Waals surface area contributed by atoms with Crippen molar-refractivity contribution in [2.45, 2.75) is 13.5 Å². The predicted molar refractivity (Wildman–Crippen MR) is 64.5 cm³/mol. The van der Waals surface area contributed by atoms with Gasteiger partial charge in [0.25, 0.3) is 0 Å². The lowest BCUT2D eigenvalue weighted by molar-refractivity contribution is -0.116. The van der Waals surface area contributed by atoms with Crippen LogP contribution in [-0.4, -0.2) is 22.0 Å². The maximum Gasteiger partial charge on any atom is 0.245 e. The molecule has 1 aliphatic rings. The molecule has 1 aromatic carbocycles. The van der Waals surface area contributed by atoms with E-state index >= 15 is 0 Å². The summed E-state index contributed by atoms with van der Waals surface area (Å²) in [5.41, 5.74) is 1.34. The van der Waals surface area contributed by atoms with Gasteiger partial charge in [-0.15, -0.1) is 0 Å². The van der Waals surface area contributed by atoms with Crippen molar-refractivity contribution in [2.75, 3.05) is 11.9 Å². The molecule has 0 bridgehead atoms. The van der Waals surface area contributed by atoms with Crippen LogP contribution in [0.15, 0.2) is 29.3 Å². The third-order valence-electron chi connectivity index (χ3n) is 2.78. The molecule has 2 aromatic rings. The highest BCUT2D eigenvalue weighted by Crippen LogP contribution is 2.22. The van der Waals surface area contributed by atoms with E-state index in [0.717, 1.165) is 29.8 Å². The number of anilines is 1. The molecule has 0 fully saturated rings. The molecule has 0 saturated heterocycles. The maximum atomic E-state index is 11.1. The van der Waals surface area contributed by atoms with Crippen molar-refractivity contribution in [3.05, 3.63) is 29.9 Å². The van der Waals surface area contributed by atoms with E-state index in [4.69, 9.17) is 0 Å². The maximum absolute atomic E-state index is 11.1. The van der Waals surface area contributed by atoms with Gasteiger partial charge >= 0.3 is 0 Å². The molecule has 2 heterocycles. The molecule has 86 valence electrons. The van der Waals surface area contributed by atoms with Gasteiger partial charge in [0, 0.05) is 25.4 Å². The van der Waals surface area contributed by atoms with Crippen molar-refractivity contribution in [2.24, 2.45) is 4.99 Å². The SMILES string of the molecule is CC(=O)N=c1nc2ccccc2c2n1CCN2. The first-order valence-electron chi connectivity index (χ1n) is 5.54. The highest BCUT2D eigenvalue weighted by Gasteiger charge is 2.14. The quantitative estimate of drug-likeness (QED) is 0.729. The van der Waals surface area contributed by atoms with Crippen LogP contribution in [0.3, 0.4) is 0 Å². The zero-order valence-electron chi connectivity index (χ0n) is 9.47. The first-order valence-corrected chi connectivity index (χ1v) is 5.54. The van der Waals surface area contributed by atoms with E-state index < -0.39 is 0 Å². The smallest absolute Gasteiger partial charge is 0.245 e. The number of hydrogen-bond acceptors (Lipinski definition) is 3. The van der Waals surface area contributed by atoms with Gasteiger partial charge in [0.2, 0.25) is 11.5 Å². The van der Waals surface area contributed by atoms with Crippen molar-refractivity contribution in [3.8, 4) is 0 Å². The predicted octanol–water partition coefficient (Wildman–Crippen LogP) is 0.909. The Labute approximate surface area is 97.8 Å². The third kappa shape index (κ3) is 1.60. The van der Waals surface area contributed by atoms with Crippen molar-refractivity contribution in [3.63, 3.8) is 0 Å². The van der Waals surface area contributed by atoms with Crippen LogP contribution >= 0.6 is 0 Å². The van der Waals surface area contributed by atoms with Crippen molar-refractivity contribution in [1.29, 1.82) is 0 Å². The summed E-state index contributed by atoms with van der Waals surface area (Å²) in [7, 11) is 0. The lowest BCUT2D eigenvalue weighted by Crippen LogP contribution is -2.24. The molecule has 0 spiro atoms. The minimum atomic E-state index is -0.227. The van der Waals surface area contributed by atoms with E-state index in [9.17, 15) is 4.79 Å². The lowest BCUT2D eigenvalue weighted by atomic mass is 10.2. The van der Waals surface area contributed by atoms with E-state index in [0.29, 0.717) is 5.62 Å². The minimum absolute atomic E-state index is 0.227. The molecule has 0 unspecified atom stereocenters. The normalized spacial score (nSPS) is 14.8. The average Bonchev–Trinajstić information content (AvgIpc) is 2.78. The van der Waals surface area contributed by atoms with Crippen LogP contribution in [0.1, 0.15) is 6.92 Å². The number of carbonyl (C=O) groups excluding carboxylic acids is 1. The van der Waals surface area contributed by atoms with E-state index in [-0.39, 0.29) is 5.91 Å². The van der Waals surface area contributed by atoms with Gasteiger partial charge in [0.1, 0.15) is 5.82 Å². The fourth-order valence-corrected chi connectivity index (χ4v) is 2.10. The Morgan fingerprint density at radius 1 is 1.47 bits per heavy atom. The molecule has 0 saturated carbocycles. The number of para-hydroxylation sites is 1. The standard InChI is InChI=1S/C12H12N4O/c1-8(17)14-12-15-10-5-3-2-4-9(10)11-13-6-7-16(11)12/h2-5,13H,6-7H2,1H3. The Kier molecular flexibility index (Phi) is 2.18. The second kappa shape index (κ2) is 3.69. The Hall–Kier alpha value is -2.17. The number of fused-ring (bicyclic) bond motifs is 3. The van der Waals surface area contributed by atoms with Gasteiger partial charge in [-0.2, -0.15) is 4.99 Å². The number of hydrogen-bond donors (Lipinski definition) is 1. The highest BCUT2D eigenvalue weighted by molar-refractivity contribution is 5.89. The summed E-state index contributed by atoms with van der Waals surface area (Å²) in [6, 6.07) is 7.85. The molecule has 1 aromatic heterocycles. The lowest BCUT2D eigenvalue weighted by Gasteiger charge is -2.07. The van der Waals surface area contributed by atoms with E-state index in [2.05, 4.69) is 15.3 Å². The number of nitrogens with one attached hydrogen (secondary N) is 1. The minimum Gasteiger partial charge on any atom is -0.369 e. The summed E-state index contributed by atoms with van der Waals surface area (Å²) >= 11 is 0. The summed E-state index contributed by atoms with van der Waals surface area (Å²) in [4.78, 5) is 19.5. The van der Waals surface area contributed by atoms with Gasteiger partial charge in [-0.05, 0) is 12.1 Å². The van der Waals surface area contributed by atoms with Crippen LogP contribution in [0.2, 0.25) is 0 Å². The summed E-state index contributed by atoms with van der Waals surface area (Å²) in [5.74, 6) is 0.769. The molecule has 17 heavy (non-hydrogen) atoms. The van der Waals surface area contributed by atoms with Gasteiger partial charge in [0.05, 0.1) is 5.52 Å². The van der Waals surface area contributed by atoms with E-state index in [1.165, 1.54) is 6.92 Å². The molecule has 5 nitrogen and oxygen atoms in total. The number of nitrogens with zero attached hydrogens (tertiary/aromatic N) is 3. The summed E-state index contributed by atoms with van der Waals surface area (Å²) < 4.78 is 1.95. The third-order valence-corrected chi connectivity index (χ3v) is 2.78. The fourth-order valence-electron chi connectivity index (χ4n) is 2.10. The Morgan fingerprint density at radius 2 is 2.29 bits per heavy atom. The number of benzene rings is 1. The Bertz CT molecular complexity index is 672. The molecule has 1 amide bonds. The fraction of sp³-hybridized carbons (Fsp3) is 0.250. The highest BCUT2D eigenvalue weighted by atomic mass is 16.1. The molecule has 0 radical (unpaired) electrons. The van der Waals surface area contributed by atoms with Gasteiger partial charge < -0.3 is 5.32 Å². The molecule has 1 aliphatic heterocycles. The van der Waals surface area contributed by atoms with Crippen molar-refractivity contribution < 1.29 is 4.79 Å². The first kappa shape index (κ1) is 10.0. The van der Waals surface area contributed by atoms with E-state index in [1.54, 1.807) is 0 Å². The number of carbonyl (C=O) groups is 1.